The number of nitrogens with one attached hydrogen (secondary N) is 2. The van der Waals surface area contributed by atoms with Gasteiger partial charge in [0.15, 0.2) is 5.13 Å². The topological polar surface area (TPSA) is 98.4 Å². The molecule has 11 heteroatoms. The Balaban J connectivity index is 1.25. The van der Waals surface area contributed by atoms with E-state index in [1.54, 1.807) is 17.5 Å². The monoisotopic (exact) mass is 505 g/mol. The Kier molecular flexibility index (Phi) is 7.32. The van der Waals surface area contributed by atoms with E-state index in [1.807, 2.05) is 17.0 Å². The van der Waals surface area contributed by atoms with Crippen LogP contribution in [0.2, 0.25) is 10.0 Å². The van der Waals surface area contributed by atoms with Gasteiger partial charge in [0.2, 0.25) is 5.91 Å². The van der Waals surface area contributed by atoms with Crippen LogP contribution in [-0.4, -0.2) is 52.9 Å². The summed E-state index contributed by atoms with van der Waals surface area (Å²) in [5, 5.41) is 5.86. The van der Waals surface area contributed by atoms with Gasteiger partial charge in [0.05, 0.1) is 15.7 Å². The number of rotatable bonds is 6. The van der Waals surface area contributed by atoms with E-state index < -0.39 is 11.5 Å². The molecule has 2 N–H and O–H groups in total. The third-order valence-electron chi connectivity index (χ3n) is 5.33. The van der Waals surface area contributed by atoms with Gasteiger partial charge >= 0.3 is 0 Å². The number of pyridine rings is 1. The van der Waals surface area contributed by atoms with Gasteiger partial charge in [0.25, 0.3) is 11.5 Å². The second-order valence-electron chi connectivity index (χ2n) is 7.48. The number of H-pyrrole nitrogens is 1. The summed E-state index contributed by atoms with van der Waals surface area (Å²) in [6.45, 7) is 2.69. The van der Waals surface area contributed by atoms with E-state index in [9.17, 15) is 14.4 Å². The number of carbonyl (C=O) groups excluding carboxylic acids is 2. The van der Waals surface area contributed by atoms with Crippen LogP contribution in [0.15, 0.2) is 46.7 Å². The van der Waals surface area contributed by atoms with Crippen molar-refractivity contribution in [1.82, 2.24) is 14.9 Å². The van der Waals surface area contributed by atoms with Gasteiger partial charge in [-0.05, 0) is 36.8 Å². The summed E-state index contributed by atoms with van der Waals surface area (Å²) in [5.74, 6) is -0.452. The number of hydrogen-bond donors (Lipinski definition) is 2. The molecule has 1 fully saturated rings. The van der Waals surface area contributed by atoms with Crippen LogP contribution in [0.4, 0.5) is 10.8 Å². The Morgan fingerprint density at radius 2 is 1.91 bits per heavy atom. The minimum atomic E-state index is -0.520. The Morgan fingerprint density at radius 3 is 2.64 bits per heavy atom. The maximum Gasteiger partial charge on any atom is 0.263 e. The molecule has 33 heavy (non-hydrogen) atoms. The van der Waals surface area contributed by atoms with Gasteiger partial charge in [0, 0.05) is 49.9 Å². The van der Waals surface area contributed by atoms with Crippen molar-refractivity contribution in [2.45, 2.75) is 12.8 Å². The number of piperazine rings is 1. The predicted octanol–water partition coefficient (Wildman–Crippen LogP) is 3.67. The minimum Gasteiger partial charge on any atom is -0.368 e. The van der Waals surface area contributed by atoms with Crippen molar-refractivity contribution in [1.29, 1.82) is 0 Å². The largest absolute Gasteiger partial charge is 0.368 e. The molecule has 0 saturated carbocycles. The number of thiazole rings is 1. The summed E-state index contributed by atoms with van der Waals surface area (Å²) < 4.78 is 0. The first-order valence-electron chi connectivity index (χ1n) is 10.3. The van der Waals surface area contributed by atoms with Crippen molar-refractivity contribution in [3.63, 3.8) is 0 Å². The van der Waals surface area contributed by atoms with Gasteiger partial charge in [0.1, 0.15) is 5.56 Å². The molecular weight excluding hydrogens is 485 g/mol. The normalized spacial score (nSPS) is 13.8. The lowest BCUT2D eigenvalue weighted by molar-refractivity contribution is -0.131. The van der Waals surface area contributed by atoms with Crippen molar-refractivity contribution in [3.05, 3.63) is 73.6 Å². The number of amides is 2. The molecule has 1 aliphatic rings. The number of aryl methyl sites for hydroxylation is 1. The number of aromatic nitrogens is 2. The molecule has 2 aromatic heterocycles. The SMILES string of the molecule is O=C(Nc1nc(CCC(=O)N2CCN(c3ccc(Cl)c(Cl)c3)CC2)cs1)c1ccc[nH]c1=O. The van der Waals surface area contributed by atoms with Crippen molar-refractivity contribution >= 4 is 57.2 Å². The average Bonchev–Trinajstić information content (AvgIpc) is 3.27. The highest BCUT2D eigenvalue weighted by molar-refractivity contribution is 7.14. The van der Waals surface area contributed by atoms with Crippen molar-refractivity contribution < 1.29 is 9.59 Å². The van der Waals surface area contributed by atoms with Gasteiger partial charge in [-0.1, -0.05) is 23.2 Å². The molecule has 2 amide bonds. The molecule has 0 atom stereocenters. The predicted molar refractivity (Wildman–Crippen MR) is 131 cm³/mol. The average molecular weight is 506 g/mol. The first-order chi connectivity index (χ1) is 15.9. The number of anilines is 2. The molecular formula is C22H21Cl2N5O3S. The molecule has 0 radical (unpaired) electrons. The summed E-state index contributed by atoms with van der Waals surface area (Å²) in [6, 6.07) is 8.58. The minimum absolute atomic E-state index is 0.0180. The Morgan fingerprint density at radius 1 is 1.12 bits per heavy atom. The van der Waals surface area contributed by atoms with Crippen LogP contribution in [0.1, 0.15) is 22.5 Å². The van der Waals surface area contributed by atoms with E-state index in [1.165, 1.54) is 23.6 Å². The summed E-state index contributed by atoms with van der Waals surface area (Å²) in [6.07, 6.45) is 2.27. The molecule has 1 saturated heterocycles. The van der Waals surface area contributed by atoms with E-state index in [4.69, 9.17) is 23.2 Å². The third-order valence-corrected chi connectivity index (χ3v) is 6.88. The summed E-state index contributed by atoms with van der Waals surface area (Å²) in [5.41, 5.74) is 1.27. The number of nitrogens with zero attached hydrogens (tertiary/aromatic N) is 3. The van der Waals surface area contributed by atoms with Gasteiger partial charge in [-0.25, -0.2) is 4.98 Å². The van der Waals surface area contributed by atoms with E-state index >= 15 is 0 Å². The molecule has 0 unspecified atom stereocenters. The van der Waals surface area contributed by atoms with Gasteiger partial charge in [-0.2, -0.15) is 0 Å². The maximum absolute atomic E-state index is 12.7. The molecule has 4 rings (SSSR count). The highest BCUT2D eigenvalue weighted by Crippen LogP contribution is 2.28. The van der Waals surface area contributed by atoms with Crippen molar-refractivity contribution in [3.8, 4) is 0 Å². The van der Waals surface area contributed by atoms with Gasteiger partial charge < -0.3 is 14.8 Å². The fraction of sp³-hybridized carbons (Fsp3) is 0.273. The fourth-order valence-electron chi connectivity index (χ4n) is 3.53. The number of hydrogen-bond acceptors (Lipinski definition) is 6. The molecule has 8 nitrogen and oxygen atoms in total. The molecule has 0 bridgehead atoms. The summed E-state index contributed by atoms with van der Waals surface area (Å²) in [7, 11) is 0. The van der Waals surface area contributed by atoms with Gasteiger partial charge in [-0.3, -0.25) is 19.7 Å². The lowest BCUT2D eigenvalue weighted by Gasteiger charge is -2.36. The zero-order valence-electron chi connectivity index (χ0n) is 17.5. The van der Waals surface area contributed by atoms with E-state index in [0.717, 1.165) is 24.5 Å². The molecule has 1 aromatic carbocycles. The Labute approximate surface area is 204 Å². The van der Waals surface area contributed by atoms with Crippen LogP contribution in [0, 0.1) is 0 Å². The van der Waals surface area contributed by atoms with Crippen LogP contribution in [0.3, 0.4) is 0 Å². The fourth-order valence-corrected chi connectivity index (χ4v) is 4.57. The zero-order chi connectivity index (χ0) is 23.4. The number of aromatic amines is 1. The lowest BCUT2D eigenvalue weighted by atomic mass is 10.2. The van der Waals surface area contributed by atoms with Crippen LogP contribution < -0.4 is 15.8 Å². The van der Waals surface area contributed by atoms with Crippen LogP contribution in [-0.2, 0) is 11.2 Å². The first kappa shape index (κ1) is 23.3. The highest BCUT2D eigenvalue weighted by atomic mass is 35.5. The molecule has 0 spiro atoms. The number of benzene rings is 1. The number of halogens is 2. The second kappa shape index (κ2) is 10.4. The number of carbonyl (C=O) groups is 2. The van der Waals surface area contributed by atoms with E-state index in [0.29, 0.717) is 41.1 Å². The quantitative estimate of drug-likeness (QED) is 0.532. The van der Waals surface area contributed by atoms with Crippen molar-refractivity contribution in [2.75, 3.05) is 36.4 Å². The molecule has 172 valence electrons. The molecule has 1 aliphatic heterocycles. The Hall–Kier alpha value is -2.88. The molecule has 0 aliphatic carbocycles. The lowest BCUT2D eigenvalue weighted by Crippen LogP contribution is -2.48. The maximum atomic E-state index is 12.7. The molecule has 3 aromatic rings. The molecule has 3 heterocycles. The van der Waals surface area contributed by atoms with E-state index in [-0.39, 0.29) is 11.5 Å². The zero-order valence-corrected chi connectivity index (χ0v) is 19.8. The third kappa shape index (κ3) is 5.73. The summed E-state index contributed by atoms with van der Waals surface area (Å²) in [4.78, 5) is 47.5. The highest BCUT2D eigenvalue weighted by Gasteiger charge is 2.22. The first-order valence-corrected chi connectivity index (χ1v) is 12.0. The standard InChI is InChI=1S/C22H21Cl2N5O3S/c23-17-5-4-15(12-18(17)24)28-8-10-29(11-9-28)19(30)6-3-14-13-33-22(26-14)27-21(32)16-2-1-7-25-20(16)31/h1-2,4-5,7,12-13H,3,6,8-11H2,(H,25,31)(H,26,27,32). The van der Waals surface area contributed by atoms with Crippen LogP contribution >= 0.6 is 34.5 Å². The summed E-state index contributed by atoms with van der Waals surface area (Å²) >= 11 is 13.4. The second-order valence-corrected chi connectivity index (χ2v) is 9.15. The van der Waals surface area contributed by atoms with Gasteiger partial charge in [-0.15, -0.1) is 11.3 Å². The van der Waals surface area contributed by atoms with Crippen molar-refractivity contribution in [2.24, 2.45) is 0 Å². The smallest absolute Gasteiger partial charge is 0.263 e. The van der Waals surface area contributed by atoms with Crippen LogP contribution in [0.5, 0.6) is 0 Å². The Bertz CT molecular complexity index is 1220. The van der Waals surface area contributed by atoms with Crippen LogP contribution in [0.25, 0.3) is 0 Å². The van der Waals surface area contributed by atoms with E-state index in [2.05, 4.69) is 20.2 Å².